The molecule has 0 fully saturated rings. The first-order valence-electron chi connectivity index (χ1n) is 9.04. The number of pyridine rings is 1. The number of nitrogens with one attached hydrogen (secondary N) is 1. The Kier molecular flexibility index (Phi) is 6.39. The van der Waals surface area contributed by atoms with E-state index in [1.807, 2.05) is 24.3 Å². The molecule has 0 radical (unpaired) electrons. The van der Waals surface area contributed by atoms with E-state index in [4.69, 9.17) is 4.74 Å². The van der Waals surface area contributed by atoms with Crippen molar-refractivity contribution < 1.29 is 17.9 Å². The van der Waals surface area contributed by atoms with E-state index >= 15 is 0 Å². The van der Waals surface area contributed by atoms with Crippen LogP contribution in [0.2, 0.25) is 0 Å². The fourth-order valence-corrected chi connectivity index (χ4v) is 3.07. The Labute approximate surface area is 166 Å². The van der Waals surface area contributed by atoms with Gasteiger partial charge in [-0.25, -0.2) is 0 Å². The third-order valence-electron chi connectivity index (χ3n) is 4.47. The van der Waals surface area contributed by atoms with Gasteiger partial charge in [-0.15, -0.1) is 0 Å². The highest BCUT2D eigenvalue weighted by Gasteiger charge is 2.31. The molecule has 1 N–H and O–H groups in total. The number of benzene rings is 2. The van der Waals surface area contributed by atoms with E-state index in [9.17, 15) is 18.0 Å². The average molecular weight is 402 g/mol. The summed E-state index contributed by atoms with van der Waals surface area (Å²) in [5.41, 5.74) is 1.29. The molecular formula is C22H21F3N2O2. The van der Waals surface area contributed by atoms with Crippen molar-refractivity contribution in [3.05, 3.63) is 100.0 Å². The molecule has 0 saturated heterocycles. The zero-order chi connectivity index (χ0) is 20.9. The first-order valence-corrected chi connectivity index (χ1v) is 9.04. The van der Waals surface area contributed by atoms with Gasteiger partial charge in [0.2, 0.25) is 0 Å². The number of halogens is 3. The summed E-state index contributed by atoms with van der Waals surface area (Å²) >= 11 is 0. The SMILES string of the molecule is COCC(Nc1cccc(Cn2ccccc2=O)c1)c1cccc(C(F)(F)F)c1. The van der Waals surface area contributed by atoms with Gasteiger partial charge in [-0.2, -0.15) is 13.2 Å². The Morgan fingerprint density at radius 2 is 1.83 bits per heavy atom. The van der Waals surface area contributed by atoms with Crippen LogP contribution in [-0.2, 0) is 17.5 Å². The maximum absolute atomic E-state index is 13.1. The molecule has 4 nitrogen and oxygen atoms in total. The monoisotopic (exact) mass is 402 g/mol. The topological polar surface area (TPSA) is 43.3 Å². The Balaban J connectivity index is 1.83. The molecule has 3 rings (SSSR count). The quantitative estimate of drug-likeness (QED) is 0.622. The number of hydrogen-bond acceptors (Lipinski definition) is 3. The standard InChI is InChI=1S/C22H21F3N2O2/c1-29-15-20(17-7-5-8-18(13-17)22(23,24)25)26-19-9-4-6-16(12-19)14-27-11-3-2-10-21(27)28/h2-13,20,26H,14-15H2,1H3. The number of alkyl halides is 3. The second kappa shape index (κ2) is 8.96. The van der Waals surface area contributed by atoms with E-state index in [1.165, 1.54) is 19.2 Å². The summed E-state index contributed by atoms with van der Waals surface area (Å²) < 4.78 is 46.0. The van der Waals surface area contributed by atoms with Crippen molar-refractivity contribution in [2.45, 2.75) is 18.8 Å². The van der Waals surface area contributed by atoms with Gasteiger partial charge in [-0.05, 0) is 41.5 Å². The molecule has 7 heteroatoms. The lowest BCUT2D eigenvalue weighted by Crippen LogP contribution is -2.19. The summed E-state index contributed by atoms with van der Waals surface area (Å²) in [6.45, 7) is 0.595. The minimum Gasteiger partial charge on any atom is -0.382 e. The van der Waals surface area contributed by atoms with Gasteiger partial charge in [0.05, 0.1) is 24.8 Å². The zero-order valence-electron chi connectivity index (χ0n) is 15.8. The van der Waals surface area contributed by atoms with Crippen molar-refractivity contribution in [3.8, 4) is 0 Å². The molecule has 29 heavy (non-hydrogen) atoms. The van der Waals surface area contributed by atoms with Gasteiger partial charge in [0, 0.05) is 25.1 Å². The van der Waals surface area contributed by atoms with Crippen molar-refractivity contribution in [3.63, 3.8) is 0 Å². The van der Waals surface area contributed by atoms with E-state index in [2.05, 4.69) is 5.32 Å². The number of hydrogen-bond donors (Lipinski definition) is 1. The Bertz CT molecular complexity index is 1010. The van der Waals surface area contributed by atoms with Crippen LogP contribution in [0, 0.1) is 0 Å². The van der Waals surface area contributed by atoms with Crippen LogP contribution in [0.3, 0.4) is 0 Å². The molecule has 0 aliphatic heterocycles. The van der Waals surface area contributed by atoms with Gasteiger partial charge in [0.1, 0.15) is 0 Å². The molecule has 1 atom stereocenters. The maximum atomic E-state index is 13.1. The number of anilines is 1. The number of ether oxygens (including phenoxy) is 1. The molecule has 1 aromatic heterocycles. The van der Waals surface area contributed by atoms with E-state index in [0.29, 0.717) is 12.1 Å². The summed E-state index contributed by atoms with van der Waals surface area (Å²) in [5.74, 6) is 0. The maximum Gasteiger partial charge on any atom is 0.416 e. The summed E-state index contributed by atoms with van der Waals surface area (Å²) in [6, 6.07) is 17.1. The van der Waals surface area contributed by atoms with Gasteiger partial charge in [-0.1, -0.05) is 30.3 Å². The van der Waals surface area contributed by atoms with Crippen LogP contribution < -0.4 is 10.9 Å². The molecule has 0 amide bonds. The van der Waals surface area contributed by atoms with Gasteiger partial charge < -0.3 is 14.6 Å². The first-order chi connectivity index (χ1) is 13.9. The van der Waals surface area contributed by atoms with Crippen molar-refractivity contribution in [2.75, 3.05) is 19.0 Å². The van der Waals surface area contributed by atoms with Crippen LogP contribution in [0.15, 0.2) is 77.7 Å². The average Bonchev–Trinajstić information content (AvgIpc) is 2.69. The van der Waals surface area contributed by atoms with E-state index in [0.717, 1.165) is 23.4 Å². The Morgan fingerprint density at radius 3 is 2.55 bits per heavy atom. The van der Waals surface area contributed by atoms with Crippen molar-refractivity contribution in [2.24, 2.45) is 0 Å². The molecule has 2 aromatic carbocycles. The van der Waals surface area contributed by atoms with Crippen molar-refractivity contribution in [1.29, 1.82) is 0 Å². The molecule has 1 heterocycles. The first kappa shape index (κ1) is 20.7. The predicted octanol–water partition coefficient (Wildman–Crippen LogP) is 4.72. The molecule has 0 spiro atoms. The fraction of sp³-hybridized carbons (Fsp3) is 0.227. The van der Waals surface area contributed by atoms with Crippen LogP contribution >= 0.6 is 0 Å². The van der Waals surface area contributed by atoms with Crippen LogP contribution in [0.1, 0.15) is 22.7 Å². The van der Waals surface area contributed by atoms with Gasteiger partial charge in [0.15, 0.2) is 0 Å². The van der Waals surface area contributed by atoms with Crippen LogP contribution in [0.4, 0.5) is 18.9 Å². The van der Waals surface area contributed by atoms with Crippen molar-refractivity contribution >= 4 is 5.69 Å². The molecule has 3 aromatic rings. The third kappa shape index (κ3) is 5.48. The predicted molar refractivity (Wildman–Crippen MR) is 106 cm³/mol. The number of methoxy groups -OCH3 is 1. The third-order valence-corrected chi connectivity index (χ3v) is 4.47. The fourth-order valence-electron chi connectivity index (χ4n) is 3.07. The summed E-state index contributed by atoms with van der Waals surface area (Å²) in [4.78, 5) is 11.9. The number of nitrogens with zero attached hydrogens (tertiary/aromatic N) is 1. The molecule has 152 valence electrons. The molecule has 1 unspecified atom stereocenters. The summed E-state index contributed by atoms with van der Waals surface area (Å²) in [5, 5.41) is 3.24. The smallest absolute Gasteiger partial charge is 0.382 e. The lowest BCUT2D eigenvalue weighted by atomic mass is 10.0. The molecule has 0 bridgehead atoms. The largest absolute Gasteiger partial charge is 0.416 e. The highest BCUT2D eigenvalue weighted by molar-refractivity contribution is 5.48. The highest BCUT2D eigenvalue weighted by atomic mass is 19.4. The van der Waals surface area contributed by atoms with Crippen LogP contribution in [0.25, 0.3) is 0 Å². The van der Waals surface area contributed by atoms with Gasteiger partial charge in [-0.3, -0.25) is 4.79 Å². The van der Waals surface area contributed by atoms with Gasteiger partial charge in [0.25, 0.3) is 5.56 Å². The Morgan fingerprint density at radius 1 is 1.03 bits per heavy atom. The second-order valence-electron chi connectivity index (χ2n) is 6.64. The van der Waals surface area contributed by atoms with E-state index < -0.39 is 17.8 Å². The minimum absolute atomic E-state index is 0.105. The number of rotatable bonds is 7. The van der Waals surface area contributed by atoms with E-state index in [-0.39, 0.29) is 12.2 Å². The van der Waals surface area contributed by atoms with E-state index in [1.54, 1.807) is 29.0 Å². The highest BCUT2D eigenvalue weighted by Crippen LogP contribution is 2.31. The van der Waals surface area contributed by atoms with Crippen molar-refractivity contribution in [1.82, 2.24) is 4.57 Å². The lowest BCUT2D eigenvalue weighted by Gasteiger charge is -2.21. The molecule has 0 aliphatic rings. The number of aromatic nitrogens is 1. The summed E-state index contributed by atoms with van der Waals surface area (Å²) in [7, 11) is 1.50. The zero-order valence-corrected chi connectivity index (χ0v) is 15.8. The van der Waals surface area contributed by atoms with Gasteiger partial charge >= 0.3 is 6.18 Å². The minimum atomic E-state index is -4.41. The lowest BCUT2D eigenvalue weighted by molar-refractivity contribution is -0.137. The van der Waals surface area contributed by atoms with Crippen LogP contribution in [0.5, 0.6) is 0 Å². The van der Waals surface area contributed by atoms with Crippen LogP contribution in [-0.4, -0.2) is 18.3 Å². The molecule has 0 aliphatic carbocycles. The molecular weight excluding hydrogens is 381 g/mol. The summed E-state index contributed by atoms with van der Waals surface area (Å²) in [6.07, 6.45) is -2.70. The Hall–Kier alpha value is -3.06. The molecule has 0 saturated carbocycles. The normalized spacial score (nSPS) is 12.6. The second-order valence-corrected chi connectivity index (χ2v) is 6.64.